The first-order chi connectivity index (χ1) is 11.6. The highest BCUT2D eigenvalue weighted by molar-refractivity contribution is 5.94. The molecule has 0 spiro atoms. The topological polar surface area (TPSA) is 110 Å². The van der Waals surface area contributed by atoms with Crippen molar-refractivity contribution in [1.82, 2.24) is 20.0 Å². The standard InChI is InChI=1S/C16H20N4O4/c1-20-12-5-3-2-4-10(12)8-11(16(20)23)15(22)17-7-6-13-18-14(9-21)24-19-13/h8,21H,2-7,9H2,1H3,(H,17,22). The Hall–Kier alpha value is -2.48. The maximum absolute atomic E-state index is 12.4. The fraction of sp³-hybridized carbons (Fsp3) is 0.500. The van der Waals surface area contributed by atoms with Gasteiger partial charge < -0.3 is 19.5 Å². The third-order valence-corrected chi connectivity index (χ3v) is 4.26. The molecule has 8 heteroatoms. The van der Waals surface area contributed by atoms with Crippen molar-refractivity contribution < 1.29 is 14.4 Å². The van der Waals surface area contributed by atoms with E-state index in [1.165, 1.54) is 0 Å². The molecular weight excluding hydrogens is 312 g/mol. The molecule has 0 aliphatic heterocycles. The second-order valence-electron chi connectivity index (χ2n) is 5.87. The summed E-state index contributed by atoms with van der Waals surface area (Å²) in [6.07, 6.45) is 4.30. The first-order valence-electron chi connectivity index (χ1n) is 8.02. The van der Waals surface area contributed by atoms with E-state index in [4.69, 9.17) is 9.63 Å². The lowest BCUT2D eigenvalue weighted by molar-refractivity contribution is 0.0951. The van der Waals surface area contributed by atoms with Crippen molar-refractivity contribution in [3.8, 4) is 0 Å². The van der Waals surface area contributed by atoms with Crippen molar-refractivity contribution in [2.75, 3.05) is 6.54 Å². The van der Waals surface area contributed by atoms with Crippen LogP contribution in [0.5, 0.6) is 0 Å². The summed E-state index contributed by atoms with van der Waals surface area (Å²) in [5.74, 6) is 0.146. The molecule has 2 N–H and O–H groups in total. The number of hydrogen-bond acceptors (Lipinski definition) is 6. The Balaban J connectivity index is 1.68. The molecule has 8 nitrogen and oxygen atoms in total. The van der Waals surface area contributed by atoms with Gasteiger partial charge >= 0.3 is 0 Å². The Morgan fingerprint density at radius 2 is 2.21 bits per heavy atom. The van der Waals surface area contributed by atoms with E-state index in [0.29, 0.717) is 12.2 Å². The monoisotopic (exact) mass is 332 g/mol. The number of carbonyl (C=O) groups is 1. The maximum Gasteiger partial charge on any atom is 0.263 e. The lowest BCUT2D eigenvalue weighted by Gasteiger charge is -2.20. The fourth-order valence-corrected chi connectivity index (χ4v) is 2.99. The molecule has 128 valence electrons. The van der Waals surface area contributed by atoms with E-state index in [9.17, 15) is 9.59 Å². The van der Waals surface area contributed by atoms with Crippen molar-refractivity contribution in [2.45, 2.75) is 38.7 Å². The molecule has 1 aliphatic carbocycles. The van der Waals surface area contributed by atoms with Crippen molar-refractivity contribution >= 4 is 5.91 Å². The van der Waals surface area contributed by atoms with Gasteiger partial charge in [0.15, 0.2) is 5.82 Å². The first-order valence-corrected chi connectivity index (χ1v) is 8.02. The van der Waals surface area contributed by atoms with Gasteiger partial charge in [-0.2, -0.15) is 4.98 Å². The number of rotatable bonds is 5. The van der Waals surface area contributed by atoms with Crippen LogP contribution in [0.1, 0.15) is 46.2 Å². The van der Waals surface area contributed by atoms with E-state index in [2.05, 4.69) is 15.5 Å². The van der Waals surface area contributed by atoms with Gasteiger partial charge in [0.2, 0.25) is 0 Å². The summed E-state index contributed by atoms with van der Waals surface area (Å²) in [6.45, 7) is -0.0337. The van der Waals surface area contributed by atoms with Crippen molar-refractivity contribution in [3.05, 3.63) is 45.0 Å². The van der Waals surface area contributed by atoms with Crippen LogP contribution in [0.25, 0.3) is 0 Å². The zero-order valence-electron chi connectivity index (χ0n) is 13.5. The molecule has 0 aromatic carbocycles. The highest BCUT2D eigenvalue weighted by Crippen LogP contribution is 2.20. The molecule has 1 amide bonds. The number of fused-ring (bicyclic) bond motifs is 1. The van der Waals surface area contributed by atoms with Crippen LogP contribution in [0.4, 0.5) is 0 Å². The number of aliphatic hydroxyl groups excluding tert-OH is 1. The molecule has 3 rings (SSSR count). The fourth-order valence-electron chi connectivity index (χ4n) is 2.99. The quantitative estimate of drug-likeness (QED) is 0.804. The average molecular weight is 332 g/mol. The van der Waals surface area contributed by atoms with Crippen LogP contribution >= 0.6 is 0 Å². The minimum Gasteiger partial charge on any atom is -0.387 e. The minimum absolute atomic E-state index is 0.139. The van der Waals surface area contributed by atoms with Crippen LogP contribution in [0.2, 0.25) is 0 Å². The van der Waals surface area contributed by atoms with E-state index in [-0.39, 0.29) is 30.2 Å². The number of amides is 1. The lowest BCUT2D eigenvalue weighted by Crippen LogP contribution is -2.35. The van der Waals surface area contributed by atoms with Gasteiger partial charge in [-0.05, 0) is 37.3 Å². The third kappa shape index (κ3) is 3.23. The number of nitrogens with one attached hydrogen (secondary N) is 1. The molecule has 24 heavy (non-hydrogen) atoms. The Kier molecular flexibility index (Phi) is 4.75. The van der Waals surface area contributed by atoms with E-state index < -0.39 is 5.91 Å². The van der Waals surface area contributed by atoms with Gasteiger partial charge in [-0.15, -0.1) is 0 Å². The van der Waals surface area contributed by atoms with Crippen LogP contribution in [-0.2, 0) is 32.9 Å². The molecule has 0 unspecified atom stereocenters. The van der Waals surface area contributed by atoms with Crippen molar-refractivity contribution in [1.29, 1.82) is 0 Å². The lowest BCUT2D eigenvalue weighted by atomic mass is 9.94. The molecule has 1 aliphatic rings. The molecule has 0 saturated carbocycles. The maximum atomic E-state index is 12.4. The predicted molar refractivity (Wildman–Crippen MR) is 84.6 cm³/mol. The summed E-state index contributed by atoms with van der Waals surface area (Å²) < 4.78 is 6.37. The van der Waals surface area contributed by atoms with Gasteiger partial charge in [-0.3, -0.25) is 9.59 Å². The van der Waals surface area contributed by atoms with Gasteiger partial charge in [0.25, 0.3) is 17.4 Å². The Morgan fingerprint density at radius 3 is 2.96 bits per heavy atom. The molecule has 2 aromatic heterocycles. The molecule has 2 aromatic rings. The van der Waals surface area contributed by atoms with Gasteiger partial charge in [0.1, 0.15) is 12.2 Å². The molecule has 0 atom stereocenters. The van der Waals surface area contributed by atoms with Gasteiger partial charge in [0.05, 0.1) is 0 Å². The van der Waals surface area contributed by atoms with E-state index in [1.54, 1.807) is 17.7 Å². The summed E-state index contributed by atoms with van der Waals surface area (Å²) in [5, 5.41) is 15.3. The van der Waals surface area contributed by atoms with E-state index in [0.717, 1.165) is 36.9 Å². The van der Waals surface area contributed by atoms with Crippen molar-refractivity contribution in [3.63, 3.8) is 0 Å². The summed E-state index contributed by atoms with van der Waals surface area (Å²) in [6, 6.07) is 1.73. The molecule has 0 bridgehead atoms. The zero-order chi connectivity index (χ0) is 17.1. The van der Waals surface area contributed by atoms with E-state index >= 15 is 0 Å². The average Bonchev–Trinajstić information content (AvgIpc) is 3.06. The van der Waals surface area contributed by atoms with E-state index in [1.807, 2.05) is 0 Å². The summed E-state index contributed by atoms with van der Waals surface area (Å²) >= 11 is 0. The molecule has 0 fully saturated rings. The number of pyridine rings is 1. The minimum atomic E-state index is -0.394. The number of aromatic nitrogens is 3. The van der Waals surface area contributed by atoms with Crippen LogP contribution in [0.3, 0.4) is 0 Å². The van der Waals surface area contributed by atoms with Gasteiger partial charge in [-0.1, -0.05) is 5.16 Å². The summed E-state index contributed by atoms with van der Waals surface area (Å²) in [7, 11) is 1.72. The Labute approximate surface area is 138 Å². The molecule has 2 heterocycles. The summed E-state index contributed by atoms with van der Waals surface area (Å²) in [4.78, 5) is 28.7. The normalized spacial score (nSPS) is 13.6. The number of aryl methyl sites for hydroxylation is 1. The SMILES string of the molecule is Cn1c2c(cc(C(=O)NCCc3noc(CO)n3)c1=O)CCCC2. The first kappa shape index (κ1) is 16.4. The molecular formula is C16H20N4O4. The van der Waals surface area contributed by atoms with Crippen molar-refractivity contribution in [2.24, 2.45) is 7.05 Å². The smallest absolute Gasteiger partial charge is 0.263 e. The predicted octanol–water partition coefficient (Wildman–Crippen LogP) is 0.112. The number of carbonyl (C=O) groups excluding carboxylic acids is 1. The second kappa shape index (κ2) is 6.96. The number of hydrogen-bond donors (Lipinski definition) is 2. The number of nitrogens with zero attached hydrogens (tertiary/aromatic N) is 3. The highest BCUT2D eigenvalue weighted by atomic mass is 16.5. The Morgan fingerprint density at radius 1 is 1.42 bits per heavy atom. The van der Waals surface area contributed by atoms with Crippen LogP contribution in [-0.4, -0.2) is 32.3 Å². The van der Waals surface area contributed by atoms with Gasteiger partial charge in [-0.25, -0.2) is 0 Å². The zero-order valence-corrected chi connectivity index (χ0v) is 13.5. The molecule has 0 saturated heterocycles. The van der Waals surface area contributed by atoms with Crippen LogP contribution in [0, 0.1) is 0 Å². The van der Waals surface area contributed by atoms with Crippen LogP contribution < -0.4 is 10.9 Å². The highest BCUT2D eigenvalue weighted by Gasteiger charge is 2.19. The third-order valence-electron chi connectivity index (χ3n) is 4.26. The van der Waals surface area contributed by atoms with Crippen LogP contribution in [0.15, 0.2) is 15.4 Å². The summed E-state index contributed by atoms with van der Waals surface area (Å²) in [5.41, 5.74) is 2.02. The largest absolute Gasteiger partial charge is 0.387 e. The second-order valence-corrected chi connectivity index (χ2v) is 5.87. The Bertz CT molecular complexity index is 809. The number of aliphatic hydroxyl groups is 1. The van der Waals surface area contributed by atoms with Gasteiger partial charge in [0, 0.05) is 25.7 Å². The molecule has 0 radical (unpaired) electrons.